The van der Waals surface area contributed by atoms with Gasteiger partial charge in [0.05, 0.1) is 21.3 Å². The average molecular weight is 399 g/mol. The molecule has 0 unspecified atom stereocenters. The second-order valence-corrected chi connectivity index (χ2v) is 6.93. The van der Waals surface area contributed by atoms with E-state index in [0.717, 1.165) is 5.76 Å². The molecule has 0 fully saturated rings. The van der Waals surface area contributed by atoms with Crippen LogP contribution in [0, 0.1) is 6.92 Å². The minimum Gasteiger partial charge on any atom is -0.493 e. The number of hydrogen-bond donors (Lipinski definition) is 0. The van der Waals surface area contributed by atoms with Gasteiger partial charge in [0.15, 0.2) is 17.3 Å². The lowest BCUT2D eigenvalue weighted by Crippen LogP contribution is -2.23. The average Bonchev–Trinajstić information content (AvgIpc) is 3.38. The molecule has 144 valence electrons. The van der Waals surface area contributed by atoms with Crippen LogP contribution < -0.4 is 24.3 Å². The number of hydrogen-bond acceptors (Lipinski definition) is 8. The van der Waals surface area contributed by atoms with Crippen LogP contribution in [0.1, 0.15) is 11.5 Å². The number of furan rings is 1. The van der Waals surface area contributed by atoms with Crippen molar-refractivity contribution in [2.24, 2.45) is 0 Å². The van der Waals surface area contributed by atoms with Crippen LogP contribution in [-0.4, -0.2) is 35.9 Å². The fourth-order valence-electron chi connectivity index (χ4n) is 2.92. The summed E-state index contributed by atoms with van der Waals surface area (Å²) in [7, 11) is 4.59. The van der Waals surface area contributed by atoms with Crippen LogP contribution in [0.4, 0.5) is 0 Å². The molecule has 0 bridgehead atoms. The molecular weight excluding hydrogens is 382 g/mol. The summed E-state index contributed by atoms with van der Waals surface area (Å²) < 4.78 is 23.6. The van der Waals surface area contributed by atoms with Gasteiger partial charge < -0.3 is 18.6 Å². The number of thiazole rings is 1. The lowest BCUT2D eigenvalue weighted by atomic mass is 10.1. The van der Waals surface area contributed by atoms with Gasteiger partial charge in [-0.05, 0) is 31.2 Å². The normalized spacial score (nSPS) is 11.9. The molecule has 0 aliphatic carbocycles. The summed E-state index contributed by atoms with van der Waals surface area (Å²) in [5.41, 5.74) is 0.403. The third kappa shape index (κ3) is 2.89. The third-order valence-electron chi connectivity index (χ3n) is 4.21. The highest BCUT2D eigenvalue weighted by Crippen LogP contribution is 2.40. The van der Waals surface area contributed by atoms with E-state index in [1.54, 1.807) is 18.2 Å². The number of aryl methyl sites for hydroxylation is 1. The lowest BCUT2D eigenvalue weighted by Gasteiger charge is -2.13. The molecule has 0 aliphatic rings. The molecule has 3 aromatic heterocycles. The standard InChI is InChI=1S/C19H17N3O5S/c1-10-5-6-12(27-10)9-15-18(23)22-17(20-21-19(22)28-15)11-7-13(24-2)16(26-4)14(8-11)25-3/h5-9H,1-4H3. The number of methoxy groups -OCH3 is 3. The van der Waals surface area contributed by atoms with Crippen molar-refractivity contribution in [3.63, 3.8) is 0 Å². The summed E-state index contributed by atoms with van der Waals surface area (Å²) in [6, 6.07) is 7.12. The van der Waals surface area contributed by atoms with Crippen LogP contribution in [-0.2, 0) is 0 Å². The summed E-state index contributed by atoms with van der Waals surface area (Å²) in [5.74, 6) is 3.18. The van der Waals surface area contributed by atoms with Gasteiger partial charge in [0, 0.05) is 11.6 Å². The van der Waals surface area contributed by atoms with Crippen LogP contribution in [0.5, 0.6) is 17.2 Å². The van der Waals surface area contributed by atoms with E-state index in [1.165, 1.54) is 37.1 Å². The number of aromatic nitrogens is 3. The van der Waals surface area contributed by atoms with Crippen LogP contribution in [0.15, 0.2) is 33.5 Å². The second kappa shape index (κ2) is 7.01. The first-order valence-electron chi connectivity index (χ1n) is 8.32. The van der Waals surface area contributed by atoms with Crippen molar-refractivity contribution in [2.75, 3.05) is 21.3 Å². The molecule has 0 spiro atoms. The Morgan fingerprint density at radius 2 is 1.79 bits per heavy atom. The quantitative estimate of drug-likeness (QED) is 0.509. The maximum atomic E-state index is 13.0. The van der Waals surface area contributed by atoms with Gasteiger partial charge in [0.2, 0.25) is 10.7 Å². The number of nitrogens with zero attached hydrogens (tertiary/aromatic N) is 3. The van der Waals surface area contributed by atoms with Gasteiger partial charge in [-0.2, -0.15) is 0 Å². The van der Waals surface area contributed by atoms with Crippen molar-refractivity contribution in [3.8, 4) is 28.6 Å². The van der Waals surface area contributed by atoms with E-state index < -0.39 is 0 Å². The van der Waals surface area contributed by atoms with Gasteiger partial charge in [-0.3, -0.25) is 4.79 Å². The molecule has 9 heteroatoms. The number of rotatable bonds is 5. The monoisotopic (exact) mass is 399 g/mol. The summed E-state index contributed by atoms with van der Waals surface area (Å²) in [4.78, 5) is 13.4. The van der Waals surface area contributed by atoms with Gasteiger partial charge in [-0.1, -0.05) is 11.3 Å². The topological polar surface area (TPSA) is 88.1 Å². The summed E-state index contributed by atoms with van der Waals surface area (Å²) in [6.07, 6.45) is 1.70. The van der Waals surface area contributed by atoms with E-state index in [-0.39, 0.29) is 5.56 Å². The predicted molar refractivity (Wildman–Crippen MR) is 104 cm³/mol. The second-order valence-electron chi connectivity index (χ2n) is 5.92. The molecule has 0 saturated carbocycles. The van der Waals surface area contributed by atoms with Crippen molar-refractivity contribution in [2.45, 2.75) is 6.92 Å². The number of ether oxygens (including phenoxy) is 3. The Balaban J connectivity index is 1.91. The summed E-state index contributed by atoms with van der Waals surface area (Å²) in [5, 5.41) is 8.32. The van der Waals surface area contributed by atoms with E-state index >= 15 is 0 Å². The summed E-state index contributed by atoms with van der Waals surface area (Å²) in [6.45, 7) is 1.85. The van der Waals surface area contributed by atoms with Crippen LogP contribution >= 0.6 is 11.3 Å². The predicted octanol–water partition coefficient (Wildman–Crippen LogP) is 2.29. The Morgan fingerprint density at radius 3 is 2.36 bits per heavy atom. The first-order chi connectivity index (χ1) is 13.5. The lowest BCUT2D eigenvalue weighted by molar-refractivity contribution is 0.324. The van der Waals surface area contributed by atoms with Crippen molar-refractivity contribution in [1.82, 2.24) is 14.6 Å². The van der Waals surface area contributed by atoms with Crippen molar-refractivity contribution >= 4 is 22.4 Å². The molecule has 0 radical (unpaired) electrons. The highest BCUT2D eigenvalue weighted by atomic mass is 32.1. The molecular formula is C19H17N3O5S. The zero-order chi connectivity index (χ0) is 19.8. The van der Waals surface area contributed by atoms with E-state index in [4.69, 9.17) is 18.6 Å². The van der Waals surface area contributed by atoms with E-state index in [1.807, 2.05) is 19.1 Å². The van der Waals surface area contributed by atoms with Gasteiger partial charge >= 0.3 is 0 Å². The Hall–Kier alpha value is -3.33. The van der Waals surface area contributed by atoms with Crippen LogP contribution in [0.3, 0.4) is 0 Å². The molecule has 8 nitrogen and oxygen atoms in total. The smallest absolute Gasteiger partial charge is 0.276 e. The molecule has 1 aromatic carbocycles. The van der Waals surface area contributed by atoms with Gasteiger partial charge in [0.1, 0.15) is 16.1 Å². The van der Waals surface area contributed by atoms with Crippen molar-refractivity contribution in [3.05, 3.63) is 50.7 Å². The van der Waals surface area contributed by atoms with E-state index in [0.29, 0.717) is 43.9 Å². The maximum absolute atomic E-state index is 13.0. The van der Waals surface area contributed by atoms with Gasteiger partial charge in [-0.15, -0.1) is 10.2 Å². The van der Waals surface area contributed by atoms with Gasteiger partial charge in [0.25, 0.3) is 5.56 Å². The molecule has 4 rings (SSSR count). The van der Waals surface area contributed by atoms with Crippen molar-refractivity contribution in [1.29, 1.82) is 0 Å². The highest BCUT2D eigenvalue weighted by molar-refractivity contribution is 7.15. The highest BCUT2D eigenvalue weighted by Gasteiger charge is 2.19. The first kappa shape index (κ1) is 18.1. The molecule has 3 heterocycles. The van der Waals surface area contributed by atoms with Crippen molar-refractivity contribution < 1.29 is 18.6 Å². The van der Waals surface area contributed by atoms with E-state index in [9.17, 15) is 4.79 Å². The fraction of sp³-hybridized carbons (Fsp3) is 0.211. The van der Waals surface area contributed by atoms with Crippen LogP contribution in [0.25, 0.3) is 22.4 Å². The Bertz CT molecular complexity index is 1250. The minimum atomic E-state index is -0.220. The largest absolute Gasteiger partial charge is 0.493 e. The molecule has 0 saturated heterocycles. The molecule has 0 N–H and O–H groups in total. The van der Waals surface area contributed by atoms with Crippen LogP contribution in [0.2, 0.25) is 0 Å². The van der Waals surface area contributed by atoms with E-state index in [2.05, 4.69) is 10.2 Å². The Labute approximate surface area is 163 Å². The first-order valence-corrected chi connectivity index (χ1v) is 9.14. The molecule has 0 aliphatic heterocycles. The minimum absolute atomic E-state index is 0.220. The fourth-order valence-corrected chi connectivity index (χ4v) is 3.81. The molecule has 28 heavy (non-hydrogen) atoms. The zero-order valence-corrected chi connectivity index (χ0v) is 16.5. The molecule has 4 aromatic rings. The summed E-state index contributed by atoms with van der Waals surface area (Å²) >= 11 is 1.25. The number of benzene rings is 1. The SMILES string of the molecule is COc1cc(-c2nnc3sc(=Cc4ccc(C)o4)c(=O)n23)cc(OC)c1OC. The molecule has 0 amide bonds. The Kier molecular flexibility index (Phi) is 4.52. The maximum Gasteiger partial charge on any atom is 0.276 e. The number of fused-ring (bicyclic) bond motifs is 1. The Morgan fingerprint density at radius 1 is 1.07 bits per heavy atom. The molecule has 0 atom stereocenters. The van der Waals surface area contributed by atoms with Gasteiger partial charge in [-0.25, -0.2) is 4.40 Å². The third-order valence-corrected chi connectivity index (χ3v) is 5.17. The zero-order valence-electron chi connectivity index (χ0n) is 15.7.